The third-order valence-electron chi connectivity index (χ3n) is 3.39. The van der Waals surface area contributed by atoms with Gasteiger partial charge in [0.25, 0.3) is 5.91 Å². The number of rotatable bonds is 7. The zero-order valence-electron chi connectivity index (χ0n) is 11.9. The van der Waals surface area contributed by atoms with Crippen LogP contribution in [0, 0.1) is 5.92 Å². The number of hydrogen-bond acceptors (Lipinski definition) is 1. The van der Waals surface area contributed by atoms with Crippen molar-refractivity contribution in [1.29, 1.82) is 0 Å². The van der Waals surface area contributed by atoms with Gasteiger partial charge in [0.05, 0.1) is 0 Å². The van der Waals surface area contributed by atoms with Gasteiger partial charge in [-0.05, 0) is 30.9 Å². The molecule has 100 valence electrons. The van der Waals surface area contributed by atoms with E-state index in [0.29, 0.717) is 5.92 Å². The van der Waals surface area contributed by atoms with Gasteiger partial charge in [0.1, 0.15) is 0 Å². The lowest BCUT2D eigenvalue weighted by Crippen LogP contribution is -2.33. The fourth-order valence-electron chi connectivity index (χ4n) is 1.93. The minimum Gasteiger partial charge on any atom is -0.339 e. The molecule has 1 rings (SSSR count). The van der Waals surface area contributed by atoms with Crippen LogP contribution in [0.1, 0.15) is 50.4 Å². The van der Waals surface area contributed by atoms with Crippen LogP contribution in [-0.2, 0) is 0 Å². The number of carbonyl (C=O) groups excluding carboxylic acids is 1. The fraction of sp³-hybridized carbons (Fsp3) is 0.562. The van der Waals surface area contributed by atoms with E-state index in [4.69, 9.17) is 0 Å². The number of carbonyl (C=O) groups is 1. The van der Waals surface area contributed by atoms with Gasteiger partial charge < -0.3 is 4.90 Å². The van der Waals surface area contributed by atoms with Crippen molar-refractivity contribution in [3.63, 3.8) is 0 Å². The van der Waals surface area contributed by atoms with Crippen LogP contribution in [0.3, 0.4) is 0 Å². The van der Waals surface area contributed by atoms with Crippen molar-refractivity contribution in [2.45, 2.75) is 40.0 Å². The van der Waals surface area contributed by atoms with Crippen molar-refractivity contribution < 1.29 is 4.79 Å². The molecule has 2 heteroatoms. The second kappa shape index (κ2) is 7.91. The highest BCUT2D eigenvalue weighted by Crippen LogP contribution is 2.11. The van der Waals surface area contributed by atoms with E-state index in [1.165, 1.54) is 6.42 Å². The van der Waals surface area contributed by atoms with E-state index in [1.807, 2.05) is 35.2 Å². The lowest BCUT2D eigenvalue weighted by atomic mass is 10.0. The maximum Gasteiger partial charge on any atom is 0.253 e. The van der Waals surface area contributed by atoms with Gasteiger partial charge >= 0.3 is 0 Å². The Morgan fingerprint density at radius 2 is 1.83 bits per heavy atom. The van der Waals surface area contributed by atoms with Gasteiger partial charge in [0, 0.05) is 18.7 Å². The minimum atomic E-state index is 0.167. The summed E-state index contributed by atoms with van der Waals surface area (Å²) >= 11 is 0. The molecule has 0 saturated carbocycles. The summed E-state index contributed by atoms with van der Waals surface area (Å²) in [4.78, 5) is 14.3. The van der Waals surface area contributed by atoms with Crippen molar-refractivity contribution >= 4 is 5.91 Å². The molecule has 0 heterocycles. The first kappa shape index (κ1) is 14.7. The topological polar surface area (TPSA) is 20.3 Å². The average molecular weight is 247 g/mol. The molecule has 0 fully saturated rings. The summed E-state index contributed by atoms with van der Waals surface area (Å²) in [6.07, 6.45) is 3.29. The molecular formula is C16H25NO. The van der Waals surface area contributed by atoms with Gasteiger partial charge in [-0.15, -0.1) is 0 Å². The van der Waals surface area contributed by atoms with E-state index in [2.05, 4.69) is 20.8 Å². The summed E-state index contributed by atoms with van der Waals surface area (Å²) < 4.78 is 0. The van der Waals surface area contributed by atoms with Gasteiger partial charge in [0.15, 0.2) is 0 Å². The van der Waals surface area contributed by atoms with Gasteiger partial charge in [-0.25, -0.2) is 0 Å². The average Bonchev–Trinajstić information content (AvgIpc) is 2.43. The molecule has 1 unspecified atom stereocenters. The molecule has 2 nitrogen and oxygen atoms in total. The maximum absolute atomic E-state index is 12.4. The zero-order chi connectivity index (χ0) is 13.4. The first-order chi connectivity index (χ1) is 8.69. The highest BCUT2D eigenvalue weighted by atomic mass is 16.2. The molecule has 0 bridgehead atoms. The Balaban J connectivity index is 2.63. The number of amides is 1. The Labute approximate surface area is 111 Å². The standard InChI is InChI=1S/C16H25NO/c1-4-12-17(13-11-14(3)5-2)16(18)15-9-7-6-8-10-15/h6-10,14H,4-5,11-13H2,1-3H3. The minimum absolute atomic E-state index is 0.167. The largest absolute Gasteiger partial charge is 0.339 e. The summed E-state index contributed by atoms with van der Waals surface area (Å²) in [5.41, 5.74) is 0.801. The first-order valence-corrected chi connectivity index (χ1v) is 7.03. The SMILES string of the molecule is CCCN(CCC(C)CC)C(=O)c1ccccc1. The maximum atomic E-state index is 12.4. The Hall–Kier alpha value is -1.31. The van der Waals surface area contributed by atoms with Crippen LogP contribution in [0.25, 0.3) is 0 Å². The lowest BCUT2D eigenvalue weighted by Gasteiger charge is -2.23. The fourth-order valence-corrected chi connectivity index (χ4v) is 1.93. The van der Waals surface area contributed by atoms with Crippen LogP contribution in [0.5, 0.6) is 0 Å². The molecule has 1 aromatic carbocycles. The van der Waals surface area contributed by atoms with Crippen LogP contribution in [0.2, 0.25) is 0 Å². The molecule has 0 saturated heterocycles. The van der Waals surface area contributed by atoms with E-state index in [-0.39, 0.29) is 5.91 Å². The molecule has 1 atom stereocenters. The van der Waals surface area contributed by atoms with E-state index in [9.17, 15) is 4.79 Å². The Bertz CT molecular complexity index is 347. The molecule has 0 aliphatic carbocycles. The van der Waals surface area contributed by atoms with Crippen molar-refractivity contribution in [2.24, 2.45) is 5.92 Å². The number of hydrogen-bond donors (Lipinski definition) is 0. The van der Waals surface area contributed by atoms with E-state index in [0.717, 1.165) is 31.5 Å². The summed E-state index contributed by atoms with van der Waals surface area (Å²) in [6, 6.07) is 9.58. The number of benzene rings is 1. The van der Waals surface area contributed by atoms with Crippen LogP contribution < -0.4 is 0 Å². The second-order valence-corrected chi connectivity index (χ2v) is 4.96. The molecule has 1 aromatic rings. The third-order valence-corrected chi connectivity index (χ3v) is 3.39. The predicted octanol–water partition coefficient (Wildman–Crippen LogP) is 3.98. The van der Waals surface area contributed by atoms with Crippen LogP contribution >= 0.6 is 0 Å². The van der Waals surface area contributed by atoms with Gasteiger partial charge in [-0.3, -0.25) is 4.79 Å². The quantitative estimate of drug-likeness (QED) is 0.714. The Morgan fingerprint density at radius 3 is 2.39 bits per heavy atom. The van der Waals surface area contributed by atoms with Crippen LogP contribution in [-0.4, -0.2) is 23.9 Å². The van der Waals surface area contributed by atoms with Crippen molar-refractivity contribution in [1.82, 2.24) is 4.90 Å². The van der Waals surface area contributed by atoms with E-state index in [1.54, 1.807) is 0 Å². The Kier molecular flexibility index (Phi) is 6.48. The Morgan fingerprint density at radius 1 is 1.17 bits per heavy atom. The monoisotopic (exact) mass is 247 g/mol. The molecule has 18 heavy (non-hydrogen) atoms. The molecule has 0 aromatic heterocycles. The molecule has 0 radical (unpaired) electrons. The summed E-state index contributed by atoms with van der Waals surface area (Å²) in [7, 11) is 0. The van der Waals surface area contributed by atoms with E-state index >= 15 is 0 Å². The molecule has 0 N–H and O–H groups in total. The molecule has 0 aliphatic heterocycles. The molecule has 0 aliphatic rings. The molecule has 0 spiro atoms. The van der Waals surface area contributed by atoms with Gasteiger partial charge in [0.2, 0.25) is 0 Å². The van der Waals surface area contributed by atoms with Gasteiger partial charge in [-0.1, -0.05) is 45.4 Å². The predicted molar refractivity (Wildman–Crippen MR) is 76.7 cm³/mol. The summed E-state index contributed by atoms with van der Waals surface area (Å²) in [5.74, 6) is 0.855. The lowest BCUT2D eigenvalue weighted by molar-refractivity contribution is 0.0747. The van der Waals surface area contributed by atoms with Crippen molar-refractivity contribution in [2.75, 3.05) is 13.1 Å². The normalized spacial score (nSPS) is 12.2. The van der Waals surface area contributed by atoms with Crippen molar-refractivity contribution in [3.05, 3.63) is 35.9 Å². The van der Waals surface area contributed by atoms with Crippen LogP contribution in [0.4, 0.5) is 0 Å². The van der Waals surface area contributed by atoms with Crippen LogP contribution in [0.15, 0.2) is 30.3 Å². The zero-order valence-corrected chi connectivity index (χ0v) is 11.9. The molecule has 1 amide bonds. The highest BCUT2D eigenvalue weighted by molar-refractivity contribution is 5.94. The van der Waals surface area contributed by atoms with Crippen molar-refractivity contribution in [3.8, 4) is 0 Å². The second-order valence-electron chi connectivity index (χ2n) is 4.96. The smallest absolute Gasteiger partial charge is 0.253 e. The first-order valence-electron chi connectivity index (χ1n) is 7.03. The third kappa shape index (κ3) is 4.52. The number of nitrogens with zero attached hydrogens (tertiary/aromatic N) is 1. The van der Waals surface area contributed by atoms with E-state index < -0.39 is 0 Å². The van der Waals surface area contributed by atoms with Gasteiger partial charge in [-0.2, -0.15) is 0 Å². The molecular weight excluding hydrogens is 222 g/mol. The summed E-state index contributed by atoms with van der Waals surface area (Å²) in [5, 5.41) is 0. The highest BCUT2D eigenvalue weighted by Gasteiger charge is 2.15. The summed E-state index contributed by atoms with van der Waals surface area (Å²) in [6.45, 7) is 8.29.